The molecule has 1 aliphatic rings. The molecule has 0 atom stereocenters. The second kappa shape index (κ2) is 9.28. The van der Waals surface area contributed by atoms with Gasteiger partial charge in [0.2, 0.25) is 5.91 Å². The Morgan fingerprint density at radius 1 is 1.10 bits per heavy atom. The third-order valence-corrected chi connectivity index (χ3v) is 5.71. The molecule has 2 aromatic carbocycles. The minimum absolute atomic E-state index is 0.0406. The van der Waals surface area contributed by atoms with Gasteiger partial charge in [0.15, 0.2) is 0 Å². The SMILES string of the molecule is CN(C)c1ccc(C=C2SC(=O)N(CCC(=O)Nc3ccc(Br)cc3)C2=O)cc1. The van der Waals surface area contributed by atoms with Gasteiger partial charge < -0.3 is 10.2 Å². The molecular weight excluding hydrogens is 454 g/mol. The van der Waals surface area contributed by atoms with E-state index >= 15 is 0 Å². The first-order valence-electron chi connectivity index (χ1n) is 8.91. The maximum atomic E-state index is 12.6. The fourth-order valence-corrected chi connectivity index (χ4v) is 3.81. The number of nitrogens with one attached hydrogen (secondary N) is 1. The zero-order valence-corrected chi connectivity index (χ0v) is 18.4. The zero-order chi connectivity index (χ0) is 21.0. The first-order valence-corrected chi connectivity index (χ1v) is 10.5. The maximum Gasteiger partial charge on any atom is 0.293 e. The number of carbonyl (C=O) groups excluding carboxylic acids is 3. The zero-order valence-electron chi connectivity index (χ0n) is 16.0. The number of rotatable bonds is 6. The molecule has 1 heterocycles. The topological polar surface area (TPSA) is 69.7 Å². The van der Waals surface area contributed by atoms with Crippen molar-refractivity contribution in [1.29, 1.82) is 0 Å². The quantitative estimate of drug-likeness (QED) is 0.621. The molecule has 0 bridgehead atoms. The van der Waals surface area contributed by atoms with E-state index in [4.69, 9.17) is 0 Å². The standard InChI is InChI=1S/C21H20BrN3O3S/c1-24(2)17-9-3-14(4-10-17)13-18-20(27)25(21(28)29-18)12-11-19(26)23-16-7-5-15(22)6-8-16/h3-10,13H,11-12H2,1-2H3,(H,23,26). The molecule has 1 saturated heterocycles. The highest BCUT2D eigenvalue weighted by atomic mass is 79.9. The van der Waals surface area contributed by atoms with E-state index in [9.17, 15) is 14.4 Å². The Bertz CT molecular complexity index is 956. The Balaban J connectivity index is 1.59. The van der Waals surface area contributed by atoms with Crippen LogP contribution in [0, 0.1) is 0 Å². The summed E-state index contributed by atoms with van der Waals surface area (Å²) >= 11 is 4.23. The monoisotopic (exact) mass is 473 g/mol. The summed E-state index contributed by atoms with van der Waals surface area (Å²) in [4.78, 5) is 40.4. The van der Waals surface area contributed by atoms with Gasteiger partial charge in [0.05, 0.1) is 4.91 Å². The largest absolute Gasteiger partial charge is 0.378 e. The first-order chi connectivity index (χ1) is 13.8. The Morgan fingerprint density at radius 3 is 2.38 bits per heavy atom. The number of thioether (sulfide) groups is 1. The second-order valence-electron chi connectivity index (χ2n) is 6.62. The average molecular weight is 474 g/mol. The van der Waals surface area contributed by atoms with Crippen molar-refractivity contribution in [2.24, 2.45) is 0 Å². The summed E-state index contributed by atoms with van der Waals surface area (Å²) in [6.45, 7) is 0.0456. The van der Waals surface area contributed by atoms with Crippen molar-refractivity contribution < 1.29 is 14.4 Å². The Hall–Kier alpha value is -2.58. The molecule has 1 aliphatic heterocycles. The van der Waals surface area contributed by atoms with E-state index < -0.39 is 0 Å². The van der Waals surface area contributed by atoms with Crippen molar-refractivity contribution in [2.75, 3.05) is 30.9 Å². The summed E-state index contributed by atoms with van der Waals surface area (Å²) in [7, 11) is 3.90. The summed E-state index contributed by atoms with van der Waals surface area (Å²) in [5.74, 6) is -0.622. The number of nitrogens with zero attached hydrogens (tertiary/aromatic N) is 2. The number of amides is 3. The number of halogens is 1. The highest BCUT2D eigenvalue weighted by Gasteiger charge is 2.35. The predicted molar refractivity (Wildman–Crippen MR) is 121 cm³/mol. The Kier molecular flexibility index (Phi) is 6.76. The van der Waals surface area contributed by atoms with Gasteiger partial charge in [-0.3, -0.25) is 19.3 Å². The average Bonchev–Trinajstić information content (AvgIpc) is 2.95. The van der Waals surface area contributed by atoms with Crippen LogP contribution < -0.4 is 10.2 Å². The molecule has 29 heavy (non-hydrogen) atoms. The number of hydrogen-bond acceptors (Lipinski definition) is 5. The fourth-order valence-electron chi connectivity index (χ4n) is 2.68. The van der Waals surface area contributed by atoms with E-state index in [1.165, 1.54) is 0 Å². The molecule has 6 nitrogen and oxygen atoms in total. The van der Waals surface area contributed by atoms with Crippen LogP contribution in [0.15, 0.2) is 57.9 Å². The summed E-state index contributed by atoms with van der Waals surface area (Å²) in [5, 5.41) is 2.40. The van der Waals surface area contributed by atoms with Gasteiger partial charge in [-0.25, -0.2) is 0 Å². The molecule has 1 N–H and O–H groups in total. The lowest BCUT2D eigenvalue weighted by atomic mass is 10.2. The molecule has 3 rings (SSSR count). The van der Waals surface area contributed by atoms with Crippen molar-refractivity contribution >= 4 is 62.2 Å². The van der Waals surface area contributed by atoms with Crippen molar-refractivity contribution in [3.05, 3.63) is 63.5 Å². The van der Waals surface area contributed by atoms with Gasteiger partial charge in [-0.2, -0.15) is 0 Å². The summed E-state index contributed by atoms with van der Waals surface area (Å²) in [5.41, 5.74) is 2.55. The van der Waals surface area contributed by atoms with E-state index in [1.807, 2.05) is 55.4 Å². The molecule has 3 amide bonds. The van der Waals surface area contributed by atoms with Crippen molar-refractivity contribution in [3.8, 4) is 0 Å². The van der Waals surface area contributed by atoms with Crippen LogP contribution in [0.1, 0.15) is 12.0 Å². The molecule has 0 aromatic heterocycles. The van der Waals surface area contributed by atoms with Gasteiger partial charge >= 0.3 is 0 Å². The molecule has 2 aromatic rings. The van der Waals surface area contributed by atoms with Crippen molar-refractivity contribution in [2.45, 2.75) is 6.42 Å². The third kappa shape index (κ3) is 5.48. The van der Waals surface area contributed by atoms with E-state index in [0.717, 1.165) is 32.4 Å². The van der Waals surface area contributed by atoms with Crippen LogP contribution in [-0.4, -0.2) is 42.6 Å². The number of anilines is 2. The lowest BCUT2D eigenvalue weighted by Gasteiger charge is -2.12. The predicted octanol–water partition coefficient (Wildman–Crippen LogP) is 4.58. The van der Waals surface area contributed by atoms with E-state index in [2.05, 4.69) is 21.2 Å². The lowest BCUT2D eigenvalue weighted by Crippen LogP contribution is -2.31. The molecular formula is C21H20BrN3O3S. The molecule has 0 radical (unpaired) electrons. The molecule has 150 valence electrons. The summed E-state index contributed by atoms with van der Waals surface area (Å²) < 4.78 is 0.913. The molecule has 0 saturated carbocycles. The third-order valence-electron chi connectivity index (χ3n) is 4.27. The maximum absolute atomic E-state index is 12.6. The molecule has 0 aliphatic carbocycles. The van der Waals surface area contributed by atoms with E-state index in [-0.39, 0.29) is 30.0 Å². The Labute approximate surface area is 182 Å². The molecule has 0 unspecified atom stereocenters. The van der Waals surface area contributed by atoms with Crippen LogP contribution in [0.5, 0.6) is 0 Å². The summed E-state index contributed by atoms with van der Waals surface area (Å²) in [6.07, 6.45) is 1.74. The van der Waals surface area contributed by atoms with Gasteiger partial charge in [-0.05, 0) is 59.8 Å². The lowest BCUT2D eigenvalue weighted by molar-refractivity contribution is -0.123. The highest BCUT2D eigenvalue weighted by Crippen LogP contribution is 2.32. The van der Waals surface area contributed by atoms with Gasteiger partial charge in [-0.15, -0.1) is 0 Å². The highest BCUT2D eigenvalue weighted by molar-refractivity contribution is 9.10. The van der Waals surface area contributed by atoms with Crippen LogP contribution in [0.4, 0.5) is 16.2 Å². The fraction of sp³-hybridized carbons (Fsp3) is 0.190. The second-order valence-corrected chi connectivity index (χ2v) is 8.53. The van der Waals surface area contributed by atoms with Gasteiger partial charge in [0, 0.05) is 42.9 Å². The smallest absolute Gasteiger partial charge is 0.293 e. The molecule has 8 heteroatoms. The van der Waals surface area contributed by atoms with Crippen LogP contribution in [-0.2, 0) is 9.59 Å². The normalized spacial score (nSPS) is 15.1. The molecule has 0 spiro atoms. The first kappa shape index (κ1) is 21.1. The number of carbonyl (C=O) groups is 3. The minimum Gasteiger partial charge on any atom is -0.378 e. The van der Waals surface area contributed by atoms with Gasteiger partial charge in [0.1, 0.15) is 0 Å². The Morgan fingerprint density at radius 2 is 1.76 bits per heavy atom. The van der Waals surface area contributed by atoms with Crippen LogP contribution >= 0.6 is 27.7 Å². The molecule has 1 fully saturated rings. The number of hydrogen-bond donors (Lipinski definition) is 1. The summed E-state index contributed by atoms with van der Waals surface area (Å²) in [6, 6.07) is 14.9. The number of benzene rings is 2. The van der Waals surface area contributed by atoms with E-state index in [0.29, 0.717) is 10.6 Å². The van der Waals surface area contributed by atoms with Gasteiger partial charge in [-0.1, -0.05) is 28.1 Å². The van der Waals surface area contributed by atoms with Crippen LogP contribution in [0.25, 0.3) is 6.08 Å². The van der Waals surface area contributed by atoms with Crippen LogP contribution in [0.3, 0.4) is 0 Å². The van der Waals surface area contributed by atoms with Crippen molar-refractivity contribution in [3.63, 3.8) is 0 Å². The minimum atomic E-state index is -0.367. The van der Waals surface area contributed by atoms with E-state index in [1.54, 1.807) is 18.2 Å². The van der Waals surface area contributed by atoms with Gasteiger partial charge in [0.25, 0.3) is 11.1 Å². The number of imide groups is 1. The van der Waals surface area contributed by atoms with Crippen molar-refractivity contribution in [1.82, 2.24) is 4.90 Å². The van der Waals surface area contributed by atoms with Crippen LogP contribution in [0.2, 0.25) is 0 Å².